The van der Waals surface area contributed by atoms with Crippen molar-refractivity contribution in [2.24, 2.45) is 4.99 Å². The van der Waals surface area contributed by atoms with E-state index < -0.39 is 0 Å². The van der Waals surface area contributed by atoms with Crippen LogP contribution in [0.5, 0.6) is 0 Å². The van der Waals surface area contributed by atoms with Gasteiger partial charge in [0.1, 0.15) is 0 Å². The molecule has 1 rings (SSSR count). The summed E-state index contributed by atoms with van der Waals surface area (Å²) in [7, 11) is 0. The molecule has 0 aromatic heterocycles. The van der Waals surface area contributed by atoms with Gasteiger partial charge in [0.2, 0.25) is 0 Å². The van der Waals surface area contributed by atoms with E-state index in [2.05, 4.69) is 18.0 Å². The van der Waals surface area contributed by atoms with Crippen molar-refractivity contribution in [1.82, 2.24) is 0 Å². The van der Waals surface area contributed by atoms with Crippen molar-refractivity contribution in [3.63, 3.8) is 0 Å². The average molecular weight is 151 g/mol. The van der Waals surface area contributed by atoms with Crippen LogP contribution in [0.25, 0.3) is 0 Å². The van der Waals surface area contributed by atoms with E-state index in [-0.39, 0.29) is 0 Å². The maximum atomic E-state index is 4.41. The zero-order chi connectivity index (χ0) is 7.94. The molecule has 1 nitrogen and oxygen atoms in total. The second-order valence-corrected chi connectivity index (χ2v) is 3.05. The summed E-state index contributed by atoms with van der Waals surface area (Å²) < 4.78 is 0. The van der Waals surface area contributed by atoms with Gasteiger partial charge in [-0.2, -0.15) is 0 Å². The summed E-state index contributed by atoms with van der Waals surface area (Å²) in [5.41, 5.74) is 1.40. The van der Waals surface area contributed by atoms with Gasteiger partial charge in [0.25, 0.3) is 0 Å². The largest absolute Gasteiger partial charge is 0.266 e. The minimum Gasteiger partial charge on any atom is -0.266 e. The minimum atomic E-state index is 1.09. The van der Waals surface area contributed by atoms with Crippen LogP contribution >= 0.6 is 0 Å². The number of hydrogen-bond acceptors (Lipinski definition) is 1. The highest BCUT2D eigenvalue weighted by atomic mass is 14.7. The van der Waals surface area contributed by atoms with Gasteiger partial charge in [0.05, 0.1) is 0 Å². The van der Waals surface area contributed by atoms with Crippen molar-refractivity contribution in [1.29, 1.82) is 0 Å². The lowest BCUT2D eigenvalue weighted by atomic mass is 9.99. The molecule has 0 amide bonds. The molecule has 0 radical (unpaired) electrons. The second-order valence-electron chi connectivity index (χ2n) is 3.05. The predicted octanol–water partition coefficient (Wildman–Crippen LogP) is 3.32. The molecule has 1 aliphatic rings. The molecule has 0 unspecified atom stereocenters. The molecule has 1 aliphatic carbocycles. The molecule has 0 bridgehead atoms. The molecule has 62 valence electrons. The molecule has 0 saturated heterocycles. The Balaban J connectivity index is 2.31. The maximum Gasteiger partial charge on any atom is 0.0227 e. The van der Waals surface area contributed by atoms with E-state index in [0.29, 0.717) is 0 Å². The number of rotatable bonds is 2. The first kappa shape index (κ1) is 8.51. The van der Waals surface area contributed by atoms with Crippen molar-refractivity contribution in [2.75, 3.05) is 0 Å². The van der Waals surface area contributed by atoms with Crippen LogP contribution in [-0.4, -0.2) is 5.71 Å². The number of hydrogen-bond donors (Lipinski definition) is 0. The van der Waals surface area contributed by atoms with Crippen molar-refractivity contribution in [2.45, 2.75) is 45.4 Å². The molecule has 0 aromatic carbocycles. The molecule has 1 fully saturated rings. The first-order chi connectivity index (χ1) is 5.43. The Bertz CT molecular complexity index is 148. The fourth-order valence-electron chi connectivity index (χ4n) is 1.35. The summed E-state index contributed by atoms with van der Waals surface area (Å²) in [5, 5.41) is 0. The molecule has 0 aliphatic heterocycles. The summed E-state index contributed by atoms with van der Waals surface area (Å²) in [6.45, 7) is 2.14. The van der Waals surface area contributed by atoms with Crippen molar-refractivity contribution in [3.8, 4) is 0 Å². The summed E-state index contributed by atoms with van der Waals surface area (Å²) in [4.78, 5) is 4.41. The van der Waals surface area contributed by atoms with E-state index in [0.717, 1.165) is 6.42 Å². The fraction of sp³-hybridized carbons (Fsp3) is 0.700. The molecule has 1 saturated carbocycles. The van der Waals surface area contributed by atoms with Gasteiger partial charge < -0.3 is 0 Å². The van der Waals surface area contributed by atoms with Gasteiger partial charge in [0.15, 0.2) is 0 Å². The monoisotopic (exact) mass is 151 g/mol. The lowest BCUT2D eigenvalue weighted by Crippen LogP contribution is -2.03. The zero-order valence-corrected chi connectivity index (χ0v) is 7.34. The Morgan fingerprint density at radius 3 is 2.64 bits per heavy atom. The van der Waals surface area contributed by atoms with Crippen LogP contribution < -0.4 is 0 Å². The smallest absolute Gasteiger partial charge is 0.0227 e. The quantitative estimate of drug-likeness (QED) is 0.574. The molecule has 0 spiro atoms. The Hall–Kier alpha value is -0.590. The Labute approximate surface area is 69.2 Å². The van der Waals surface area contributed by atoms with E-state index in [4.69, 9.17) is 0 Å². The normalized spacial score (nSPS) is 19.2. The number of allylic oxidation sites excluding steroid dienone is 1. The third-order valence-electron chi connectivity index (χ3n) is 2.03. The van der Waals surface area contributed by atoms with Crippen molar-refractivity contribution in [3.05, 3.63) is 12.3 Å². The number of nitrogens with zero attached hydrogens (tertiary/aromatic N) is 1. The SMILES string of the molecule is CCC=CN=C1CCCCC1. The highest BCUT2D eigenvalue weighted by molar-refractivity contribution is 5.85. The summed E-state index contributed by atoms with van der Waals surface area (Å²) >= 11 is 0. The molecule has 0 heterocycles. The van der Waals surface area contributed by atoms with E-state index in [1.807, 2.05) is 6.20 Å². The third kappa shape index (κ3) is 3.35. The van der Waals surface area contributed by atoms with Gasteiger partial charge in [-0.1, -0.05) is 19.4 Å². The molecular weight excluding hydrogens is 134 g/mol. The molecule has 0 aromatic rings. The van der Waals surface area contributed by atoms with Crippen molar-refractivity contribution >= 4 is 5.71 Å². The predicted molar refractivity (Wildman–Crippen MR) is 50.0 cm³/mol. The fourth-order valence-corrected chi connectivity index (χ4v) is 1.35. The van der Waals surface area contributed by atoms with Gasteiger partial charge in [-0.25, -0.2) is 0 Å². The van der Waals surface area contributed by atoms with Gasteiger partial charge in [-0.15, -0.1) is 0 Å². The molecular formula is C10H17N. The topological polar surface area (TPSA) is 12.4 Å². The highest BCUT2D eigenvalue weighted by Crippen LogP contribution is 2.14. The van der Waals surface area contributed by atoms with Gasteiger partial charge in [0, 0.05) is 11.9 Å². The third-order valence-corrected chi connectivity index (χ3v) is 2.03. The van der Waals surface area contributed by atoms with E-state index >= 15 is 0 Å². The van der Waals surface area contributed by atoms with Crippen LogP contribution in [0.4, 0.5) is 0 Å². The first-order valence-electron chi connectivity index (χ1n) is 4.64. The van der Waals surface area contributed by atoms with Crippen LogP contribution in [0, 0.1) is 0 Å². The molecule has 0 atom stereocenters. The van der Waals surface area contributed by atoms with E-state index in [9.17, 15) is 0 Å². The second kappa shape index (κ2) is 5.11. The zero-order valence-electron chi connectivity index (χ0n) is 7.34. The van der Waals surface area contributed by atoms with E-state index in [1.54, 1.807) is 0 Å². The molecule has 0 N–H and O–H groups in total. The van der Waals surface area contributed by atoms with E-state index in [1.165, 1.54) is 37.8 Å². The maximum absolute atomic E-state index is 4.41. The lowest BCUT2D eigenvalue weighted by molar-refractivity contribution is 0.666. The van der Waals surface area contributed by atoms with Crippen molar-refractivity contribution < 1.29 is 0 Å². The van der Waals surface area contributed by atoms with Crippen LogP contribution in [-0.2, 0) is 0 Å². The van der Waals surface area contributed by atoms with Crippen LogP contribution in [0.15, 0.2) is 17.3 Å². The Morgan fingerprint density at radius 2 is 2.00 bits per heavy atom. The first-order valence-corrected chi connectivity index (χ1v) is 4.64. The summed E-state index contributed by atoms with van der Waals surface area (Å²) in [5.74, 6) is 0. The lowest BCUT2D eigenvalue weighted by Gasteiger charge is -2.10. The Morgan fingerprint density at radius 1 is 1.27 bits per heavy atom. The Kier molecular flexibility index (Phi) is 3.95. The van der Waals surface area contributed by atoms with Crippen LogP contribution in [0.3, 0.4) is 0 Å². The van der Waals surface area contributed by atoms with Crippen LogP contribution in [0.1, 0.15) is 45.4 Å². The molecule has 11 heavy (non-hydrogen) atoms. The average Bonchev–Trinajstić information content (AvgIpc) is 2.07. The number of aliphatic imine (C=N–C) groups is 1. The van der Waals surface area contributed by atoms with Gasteiger partial charge in [-0.3, -0.25) is 4.99 Å². The minimum absolute atomic E-state index is 1.09. The van der Waals surface area contributed by atoms with Crippen LogP contribution in [0.2, 0.25) is 0 Å². The van der Waals surface area contributed by atoms with Gasteiger partial charge in [-0.05, 0) is 32.1 Å². The van der Waals surface area contributed by atoms with Gasteiger partial charge >= 0.3 is 0 Å². The highest BCUT2D eigenvalue weighted by Gasteiger charge is 2.04. The standard InChI is InChI=1S/C10H17N/c1-2-3-9-11-10-7-5-4-6-8-10/h3,9H,2,4-8H2,1H3. The summed E-state index contributed by atoms with van der Waals surface area (Å²) in [6, 6.07) is 0. The molecule has 1 heteroatoms. The summed E-state index contributed by atoms with van der Waals surface area (Å²) in [6.07, 6.45) is 11.7.